The summed E-state index contributed by atoms with van der Waals surface area (Å²) >= 11 is 0. The van der Waals surface area contributed by atoms with Gasteiger partial charge in [0, 0.05) is 45.7 Å². The Kier molecular flexibility index (Phi) is 7.76. The molecule has 26 heavy (non-hydrogen) atoms. The summed E-state index contributed by atoms with van der Waals surface area (Å²) in [5.41, 5.74) is 1.85. The van der Waals surface area contributed by atoms with Crippen LogP contribution in [0.3, 0.4) is 0 Å². The molecule has 0 unspecified atom stereocenters. The average Bonchev–Trinajstić information content (AvgIpc) is 2.69. The van der Waals surface area contributed by atoms with Crippen molar-refractivity contribution < 1.29 is 14.3 Å². The summed E-state index contributed by atoms with van der Waals surface area (Å²) in [6, 6.07) is 11.4. The van der Waals surface area contributed by atoms with Gasteiger partial charge in [0.25, 0.3) is 11.8 Å². The first-order chi connectivity index (χ1) is 12.7. The number of hydrogen-bond acceptors (Lipinski definition) is 4. The molecular formula is C20H25N3O3. The number of nitrogens with one attached hydrogen (secondary N) is 1. The highest BCUT2D eigenvalue weighted by Crippen LogP contribution is 2.11. The van der Waals surface area contributed by atoms with Gasteiger partial charge in [-0.25, -0.2) is 0 Å². The first kappa shape index (κ1) is 19.6. The van der Waals surface area contributed by atoms with Crippen LogP contribution in [0.25, 0.3) is 0 Å². The highest BCUT2D eigenvalue weighted by atomic mass is 16.5. The summed E-state index contributed by atoms with van der Waals surface area (Å²) in [6.45, 7) is 4.12. The van der Waals surface area contributed by atoms with E-state index < -0.39 is 0 Å². The highest BCUT2D eigenvalue weighted by Gasteiger charge is 2.17. The maximum Gasteiger partial charge on any atom is 0.255 e. The van der Waals surface area contributed by atoms with Crippen LogP contribution in [-0.4, -0.2) is 48.5 Å². The van der Waals surface area contributed by atoms with Gasteiger partial charge in [0.05, 0.1) is 11.1 Å². The molecule has 0 saturated carbocycles. The Morgan fingerprint density at radius 3 is 2.58 bits per heavy atom. The first-order valence-electron chi connectivity index (χ1n) is 8.71. The van der Waals surface area contributed by atoms with Crippen LogP contribution >= 0.6 is 0 Å². The molecule has 0 atom stereocenters. The van der Waals surface area contributed by atoms with Crippen LogP contribution in [-0.2, 0) is 11.3 Å². The van der Waals surface area contributed by atoms with Crippen molar-refractivity contribution >= 4 is 11.8 Å². The third-order valence-electron chi connectivity index (χ3n) is 3.94. The molecule has 0 aliphatic carbocycles. The zero-order chi connectivity index (χ0) is 18.8. The monoisotopic (exact) mass is 355 g/mol. The van der Waals surface area contributed by atoms with Gasteiger partial charge in [-0.1, -0.05) is 30.3 Å². The Hall–Kier alpha value is -2.73. The van der Waals surface area contributed by atoms with Crippen molar-refractivity contribution in [3.05, 3.63) is 65.5 Å². The lowest BCUT2D eigenvalue weighted by atomic mass is 10.1. The topological polar surface area (TPSA) is 71.5 Å². The quantitative estimate of drug-likeness (QED) is 0.702. The fourth-order valence-electron chi connectivity index (χ4n) is 2.52. The number of methoxy groups -OCH3 is 1. The zero-order valence-corrected chi connectivity index (χ0v) is 15.3. The normalized spacial score (nSPS) is 10.4. The smallest absolute Gasteiger partial charge is 0.255 e. The number of carbonyl (C=O) groups excluding carboxylic acids is 2. The number of benzene rings is 1. The van der Waals surface area contributed by atoms with E-state index in [4.69, 9.17) is 4.74 Å². The molecule has 1 heterocycles. The van der Waals surface area contributed by atoms with Crippen molar-refractivity contribution in [1.29, 1.82) is 0 Å². The standard InChI is InChI=1S/C20H25N3O3/c1-3-23(15-16-8-5-4-6-9-16)20(25)18-12-17(13-21-14-18)19(24)22-10-7-11-26-2/h4-6,8-9,12-14H,3,7,10-11,15H2,1-2H3,(H,22,24). The van der Waals surface area contributed by atoms with Crippen LogP contribution < -0.4 is 5.32 Å². The number of ether oxygens (including phenoxy) is 1. The lowest BCUT2D eigenvalue weighted by Gasteiger charge is -2.21. The predicted molar refractivity (Wildman–Crippen MR) is 99.9 cm³/mol. The maximum absolute atomic E-state index is 12.8. The zero-order valence-electron chi connectivity index (χ0n) is 15.3. The number of pyridine rings is 1. The summed E-state index contributed by atoms with van der Waals surface area (Å²) in [4.78, 5) is 30.8. The number of carbonyl (C=O) groups is 2. The Labute approximate surface area is 154 Å². The number of rotatable bonds is 9. The largest absolute Gasteiger partial charge is 0.385 e. The molecule has 0 aliphatic rings. The molecule has 0 fully saturated rings. The lowest BCUT2D eigenvalue weighted by Crippen LogP contribution is -2.31. The Morgan fingerprint density at radius 1 is 1.15 bits per heavy atom. The van der Waals surface area contributed by atoms with E-state index in [1.807, 2.05) is 37.3 Å². The van der Waals surface area contributed by atoms with E-state index in [-0.39, 0.29) is 11.8 Å². The molecule has 0 spiro atoms. The van der Waals surface area contributed by atoms with Gasteiger partial charge in [-0.15, -0.1) is 0 Å². The van der Waals surface area contributed by atoms with E-state index in [0.29, 0.717) is 37.4 Å². The molecule has 0 saturated heterocycles. The molecule has 1 N–H and O–H groups in total. The van der Waals surface area contributed by atoms with E-state index in [1.165, 1.54) is 12.4 Å². The number of aromatic nitrogens is 1. The molecular weight excluding hydrogens is 330 g/mol. The van der Waals surface area contributed by atoms with E-state index in [2.05, 4.69) is 10.3 Å². The van der Waals surface area contributed by atoms with Gasteiger partial charge in [0.2, 0.25) is 0 Å². The van der Waals surface area contributed by atoms with E-state index >= 15 is 0 Å². The first-order valence-corrected chi connectivity index (χ1v) is 8.71. The molecule has 2 rings (SSSR count). The van der Waals surface area contributed by atoms with E-state index in [9.17, 15) is 9.59 Å². The summed E-state index contributed by atoms with van der Waals surface area (Å²) in [5, 5.41) is 2.80. The predicted octanol–water partition coefficient (Wildman–Crippen LogP) is 2.51. The highest BCUT2D eigenvalue weighted by molar-refractivity contribution is 5.99. The van der Waals surface area contributed by atoms with Crippen LogP contribution in [0.4, 0.5) is 0 Å². The van der Waals surface area contributed by atoms with E-state index in [1.54, 1.807) is 18.1 Å². The van der Waals surface area contributed by atoms with Gasteiger partial charge in [0.15, 0.2) is 0 Å². The van der Waals surface area contributed by atoms with Gasteiger partial charge >= 0.3 is 0 Å². The third kappa shape index (κ3) is 5.67. The van der Waals surface area contributed by atoms with Gasteiger partial charge in [-0.3, -0.25) is 14.6 Å². The van der Waals surface area contributed by atoms with Gasteiger partial charge in [-0.05, 0) is 25.0 Å². The van der Waals surface area contributed by atoms with Crippen molar-refractivity contribution in [3.8, 4) is 0 Å². The molecule has 6 heteroatoms. The number of amides is 2. The minimum absolute atomic E-state index is 0.141. The Morgan fingerprint density at radius 2 is 1.88 bits per heavy atom. The molecule has 6 nitrogen and oxygen atoms in total. The van der Waals surface area contributed by atoms with Crippen molar-refractivity contribution in [2.24, 2.45) is 0 Å². The molecule has 138 valence electrons. The van der Waals surface area contributed by atoms with Crippen LogP contribution in [0, 0.1) is 0 Å². The average molecular weight is 355 g/mol. The minimum atomic E-state index is -0.241. The fraction of sp³-hybridized carbons (Fsp3) is 0.350. The molecule has 0 radical (unpaired) electrons. The Balaban J connectivity index is 2.04. The SMILES string of the molecule is CCN(Cc1ccccc1)C(=O)c1cncc(C(=O)NCCCOC)c1. The molecule has 0 bridgehead atoms. The fourth-order valence-corrected chi connectivity index (χ4v) is 2.52. The van der Waals surface area contributed by atoms with Crippen LogP contribution in [0.2, 0.25) is 0 Å². The summed E-state index contributed by atoms with van der Waals surface area (Å²) in [7, 11) is 1.62. The second kappa shape index (κ2) is 10.3. The number of hydrogen-bond donors (Lipinski definition) is 1. The second-order valence-corrected chi connectivity index (χ2v) is 5.87. The van der Waals surface area contributed by atoms with Crippen molar-refractivity contribution in [1.82, 2.24) is 15.2 Å². The molecule has 2 aromatic rings. The van der Waals surface area contributed by atoms with Crippen LogP contribution in [0.5, 0.6) is 0 Å². The summed E-state index contributed by atoms with van der Waals surface area (Å²) < 4.78 is 4.95. The van der Waals surface area contributed by atoms with Gasteiger partial charge in [0.1, 0.15) is 0 Å². The van der Waals surface area contributed by atoms with E-state index in [0.717, 1.165) is 12.0 Å². The molecule has 2 amide bonds. The molecule has 0 aliphatic heterocycles. The molecule has 1 aromatic heterocycles. The van der Waals surface area contributed by atoms with Crippen molar-refractivity contribution in [3.63, 3.8) is 0 Å². The number of nitrogens with zero attached hydrogens (tertiary/aromatic N) is 2. The van der Waals surface area contributed by atoms with Gasteiger partial charge in [-0.2, -0.15) is 0 Å². The Bertz CT molecular complexity index is 719. The summed E-state index contributed by atoms with van der Waals surface area (Å²) in [5.74, 6) is -0.382. The van der Waals surface area contributed by atoms with Crippen LogP contribution in [0.1, 0.15) is 39.6 Å². The maximum atomic E-state index is 12.8. The molecule has 1 aromatic carbocycles. The lowest BCUT2D eigenvalue weighted by molar-refractivity contribution is 0.0752. The summed E-state index contributed by atoms with van der Waals surface area (Å²) in [6.07, 6.45) is 3.70. The second-order valence-electron chi connectivity index (χ2n) is 5.87. The van der Waals surface area contributed by atoms with Gasteiger partial charge < -0.3 is 15.0 Å². The third-order valence-corrected chi connectivity index (χ3v) is 3.94. The van der Waals surface area contributed by atoms with Crippen molar-refractivity contribution in [2.45, 2.75) is 19.9 Å². The van der Waals surface area contributed by atoms with Crippen molar-refractivity contribution in [2.75, 3.05) is 26.8 Å². The van der Waals surface area contributed by atoms with Crippen LogP contribution in [0.15, 0.2) is 48.8 Å². The minimum Gasteiger partial charge on any atom is -0.385 e.